The van der Waals surface area contributed by atoms with Crippen molar-refractivity contribution in [1.29, 1.82) is 0 Å². The number of hydrogen-bond donors (Lipinski definition) is 1. The molecule has 0 bridgehead atoms. The summed E-state index contributed by atoms with van der Waals surface area (Å²) in [6.07, 6.45) is 0. The number of carbonyl (C=O) groups excluding carboxylic acids is 1. The zero-order chi connectivity index (χ0) is 14.5. The Morgan fingerprint density at radius 1 is 1.45 bits per heavy atom. The van der Waals surface area contributed by atoms with Crippen LogP contribution in [0.2, 0.25) is 0 Å². The van der Waals surface area contributed by atoms with Crippen LogP contribution in [0.25, 0.3) is 5.69 Å². The number of hydrogen-bond acceptors (Lipinski definition) is 3. The van der Waals surface area contributed by atoms with E-state index in [1.165, 1.54) is 0 Å². The summed E-state index contributed by atoms with van der Waals surface area (Å²) in [6.45, 7) is 1.01. The van der Waals surface area contributed by atoms with Gasteiger partial charge >= 0.3 is 5.92 Å². The van der Waals surface area contributed by atoms with Crippen LogP contribution in [0.3, 0.4) is 0 Å². The number of ether oxygens (including phenoxy) is 1. The summed E-state index contributed by atoms with van der Waals surface area (Å²) in [5.74, 6) is -3.82. The van der Waals surface area contributed by atoms with Crippen molar-refractivity contribution in [2.75, 3.05) is 6.61 Å². The molecule has 0 spiro atoms. The highest BCUT2D eigenvalue weighted by molar-refractivity contribution is 5.91. The number of aryl methyl sites for hydroxylation is 1. The number of benzene rings is 1. The Bertz CT molecular complexity index is 710. The lowest BCUT2D eigenvalue weighted by Gasteiger charge is -2.12. The summed E-state index contributed by atoms with van der Waals surface area (Å²) in [7, 11) is 0. The zero-order valence-corrected chi connectivity index (χ0v) is 10.6. The molecule has 5 nitrogen and oxygen atoms in total. The second kappa shape index (κ2) is 4.03. The summed E-state index contributed by atoms with van der Waals surface area (Å²) >= 11 is 0. The summed E-state index contributed by atoms with van der Waals surface area (Å²) in [4.78, 5) is 11.2. The molecule has 1 amide bonds. The standard InChI is InChI=1S/C13H11F2N3O2/c1-7-2-3-10-9(4-7)18-11(13(14,15)6-20-10)5-8(17-18)12(16)19/h2-5H,6H2,1H3,(H2,16,19). The molecule has 1 aromatic carbocycles. The number of aromatic nitrogens is 2. The lowest BCUT2D eigenvalue weighted by molar-refractivity contribution is -0.0487. The van der Waals surface area contributed by atoms with Gasteiger partial charge in [-0.25, -0.2) is 4.68 Å². The van der Waals surface area contributed by atoms with Gasteiger partial charge < -0.3 is 10.5 Å². The van der Waals surface area contributed by atoms with Gasteiger partial charge in [-0.3, -0.25) is 4.79 Å². The van der Waals surface area contributed by atoms with Crippen molar-refractivity contribution in [3.05, 3.63) is 41.2 Å². The van der Waals surface area contributed by atoms with Crippen LogP contribution in [-0.2, 0) is 5.92 Å². The highest BCUT2D eigenvalue weighted by atomic mass is 19.3. The fraction of sp³-hybridized carbons (Fsp3) is 0.231. The van der Waals surface area contributed by atoms with E-state index >= 15 is 0 Å². The average Bonchev–Trinajstić information content (AvgIpc) is 2.79. The van der Waals surface area contributed by atoms with Gasteiger partial charge in [-0.15, -0.1) is 0 Å². The van der Waals surface area contributed by atoms with Crippen molar-refractivity contribution in [3.63, 3.8) is 0 Å². The lowest BCUT2D eigenvalue weighted by Crippen LogP contribution is -2.23. The second-order valence-electron chi connectivity index (χ2n) is 4.66. The molecule has 1 aromatic heterocycles. The van der Waals surface area contributed by atoms with Crippen LogP contribution in [0.5, 0.6) is 5.75 Å². The summed E-state index contributed by atoms with van der Waals surface area (Å²) in [5, 5.41) is 3.87. The van der Waals surface area contributed by atoms with E-state index in [9.17, 15) is 13.6 Å². The van der Waals surface area contributed by atoms with Gasteiger partial charge in [0.05, 0.1) is 0 Å². The molecule has 0 unspecified atom stereocenters. The van der Waals surface area contributed by atoms with Crippen LogP contribution >= 0.6 is 0 Å². The smallest absolute Gasteiger partial charge is 0.323 e. The number of halogens is 2. The summed E-state index contributed by atoms with van der Waals surface area (Å²) in [6, 6.07) is 6.02. The molecular weight excluding hydrogens is 268 g/mol. The van der Waals surface area contributed by atoms with E-state index < -0.39 is 24.1 Å². The fourth-order valence-corrected chi connectivity index (χ4v) is 2.10. The first-order chi connectivity index (χ1) is 9.38. The molecule has 2 N–H and O–H groups in total. The topological polar surface area (TPSA) is 70.1 Å². The van der Waals surface area contributed by atoms with Gasteiger partial charge in [0.2, 0.25) is 0 Å². The van der Waals surface area contributed by atoms with Crippen LogP contribution in [0.1, 0.15) is 21.7 Å². The average molecular weight is 279 g/mol. The van der Waals surface area contributed by atoms with Gasteiger partial charge in [-0.05, 0) is 30.7 Å². The molecule has 2 heterocycles. The van der Waals surface area contributed by atoms with E-state index in [0.717, 1.165) is 16.3 Å². The highest BCUT2D eigenvalue weighted by Gasteiger charge is 2.41. The van der Waals surface area contributed by atoms with Crippen LogP contribution in [0.15, 0.2) is 24.3 Å². The number of alkyl halides is 2. The minimum atomic E-state index is -3.26. The number of amides is 1. The third-order valence-corrected chi connectivity index (χ3v) is 3.09. The number of primary amides is 1. The normalized spacial score (nSPS) is 15.8. The van der Waals surface area contributed by atoms with Crippen molar-refractivity contribution < 1.29 is 18.3 Å². The third-order valence-electron chi connectivity index (χ3n) is 3.09. The number of fused-ring (bicyclic) bond motifs is 3. The molecule has 0 atom stereocenters. The molecule has 1 aliphatic heterocycles. The van der Waals surface area contributed by atoms with E-state index in [0.29, 0.717) is 5.69 Å². The monoisotopic (exact) mass is 279 g/mol. The number of rotatable bonds is 1. The van der Waals surface area contributed by atoms with Crippen molar-refractivity contribution in [1.82, 2.24) is 9.78 Å². The Morgan fingerprint density at radius 2 is 2.20 bits per heavy atom. The van der Waals surface area contributed by atoms with Crippen molar-refractivity contribution in [2.24, 2.45) is 5.73 Å². The second-order valence-corrected chi connectivity index (χ2v) is 4.66. The quantitative estimate of drug-likeness (QED) is 0.864. The Morgan fingerprint density at radius 3 is 2.90 bits per heavy atom. The van der Waals surface area contributed by atoms with Crippen LogP contribution in [-0.4, -0.2) is 22.3 Å². The maximum absolute atomic E-state index is 14.1. The molecule has 2 aromatic rings. The maximum Gasteiger partial charge on any atom is 0.323 e. The summed E-state index contributed by atoms with van der Waals surface area (Å²) in [5.41, 5.74) is 5.73. The molecule has 0 saturated heterocycles. The van der Waals surface area contributed by atoms with Crippen molar-refractivity contribution in [3.8, 4) is 11.4 Å². The van der Waals surface area contributed by atoms with Gasteiger partial charge in [0.1, 0.15) is 17.1 Å². The first kappa shape index (κ1) is 12.6. The van der Waals surface area contributed by atoms with Gasteiger partial charge in [0.25, 0.3) is 5.91 Å². The number of nitrogens with two attached hydrogens (primary N) is 1. The van der Waals surface area contributed by atoms with Gasteiger partial charge in [-0.1, -0.05) is 6.07 Å². The van der Waals surface area contributed by atoms with E-state index in [-0.39, 0.29) is 11.4 Å². The molecule has 0 fully saturated rings. The van der Waals surface area contributed by atoms with Crippen LogP contribution < -0.4 is 10.5 Å². The number of carbonyl (C=O) groups is 1. The molecule has 20 heavy (non-hydrogen) atoms. The molecule has 104 valence electrons. The van der Waals surface area contributed by atoms with Crippen LogP contribution in [0.4, 0.5) is 8.78 Å². The van der Waals surface area contributed by atoms with Crippen molar-refractivity contribution in [2.45, 2.75) is 12.8 Å². The first-order valence-corrected chi connectivity index (χ1v) is 5.90. The van der Waals surface area contributed by atoms with E-state index in [2.05, 4.69) is 5.10 Å². The third kappa shape index (κ3) is 1.82. The van der Waals surface area contributed by atoms with E-state index in [1.54, 1.807) is 18.2 Å². The van der Waals surface area contributed by atoms with Gasteiger partial charge in [0.15, 0.2) is 12.3 Å². The highest BCUT2D eigenvalue weighted by Crippen LogP contribution is 2.37. The predicted octanol–water partition coefficient (Wildman–Crippen LogP) is 1.76. The molecule has 0 aliphatic carbocycles. The van der Waals surface area contributed by atoms with Gasteiger partial charge in [0, 0.05) is 0 Å². The lowest BCUT2D eigenvalue weighted by atomic mass is 10.2. The molecule has 0 saturated carbocycles. The van der Waals surface area contributed by atoms with Crippen molar-refractivity contribution >= 4 is 5.91 Å². The summed E-state index contributed by atoms with van der Waals surface area (Å²) < 4.78 is 34.3. The first-order valence-electron chi connectivity index (χ1n) is 5.90. The maximum atomic E-state index is 14.1. The fourth-order valence-electron chi connectivity index (χ4n) is 2.10. The number of nitrogens with zero attached hydrogens (tertiary/aromatic N) is 2. The SMILES string of the molecule is Cc1ccc2c(c1)-n1nc(C(N)=O)cc1C(F)(F)CO2. The molecular formula is C13H11F2N3O2. The molecule has 3 rings (SSSR count). The van der Waals surface area contributed by atoms with E-state index in [4.69, 9.17) is 10.5 Å². The predicted molar refractivity (Wildman–Crippen MR) is 66.2 cm³/mol. The largest absolute Gasteiger partial charge is 0.485 e. The minimum Gasteiger partial charge on any atom is -0.485 e. The minimum absolute atomic E-state index is 0.200. The van der Waals surface area contributed by atoms with E-state index in [1.807, 2.05) is 6.92 Å². The molecule has 7 heteroatoms. The zero-order valence-electron chi connectivity index (χ0n) is 10.6. The van der Waals surface area contributed by atoms with Gasteiger partial charge in [-0.2, -0.15) is 13.9 Å². The molecule has 0 radical (unpaired) electrons. The Labute approximate surface area is 112 Å². The Hall–Kier alpha value is -2.44. The Balaban J connectivity index is 2.30. The van der Waals surface area contributed by atoms with Crippen LogP contribution in [0, 0.1) is 6.92 Å². The Kier molecular flexibility index (Phi) is 2.53. The molecule has 1 aliphatic rings.